The van der Waals surface area contributed by atoms with E-state index in [9.17, 15) is 9.18 Å². The molecule has 5 heteroatoms. The smallest absolute Gasteiger partial charge is 0.258 e. The van der Waals surface area contributed by atoms with Gasteiger partial charge < -0.3 is 10.1 Å². The minimum absolute atomic E-state index is 0.0393. The first-order valence-corrected chi connectivity index (χ1v) is 6.24. The van der Waals surface area contributed by atoms with E-state index in [1.54, 1.807) is 24.3 Å². The maximum atomic E-state index is 13.4. The Labute approximate surface area is 116 Å². The van der Waals surface area contributed by atoms with Gasteiger partial charge in [-0.25, -0.2) is 4.39 Å². The SMILES string of the molecule is CC(C)Oc1ccc(NC(=O)c2ccncc2F)cc1. The quantitative estimate of drug-likeness (QED) is 0.931. The molecule has 0 fully saturated rings. The first-order valence-electron chi connectivity index (χ1n) is 6.24. The van der Waals surface area contributed by atoms with E-state index in [-0.39, 0.29) is 11.7 Å². The molecule has 1 aromatic carbocycles. The zero-order chi connectivity index (χ0) is 14.5. The molecule has 0 saturated carbocycles. The van der Waals surface area contributed by atoms with Crippen molar-refractivity contribution in [2.75, 3.05) is 5.32 Å². The standard InChI is InChI=1S/C15H15FN2O2/c1-10(2)20-12-5-3-11(4-6-12)18-15(19)13-7-8-17-9-14(13)16/h3-10H,1-2H3,(H,18,19). The zero-order valence-electron chi connectivity index (χ0n) is 11.3. The topological polar surface area (TPSA) is 51.2 Å². The highest BCUT2D eigenvalue weighted by atomic mass is 19.1. The van der Waals surface area contributed by atoms with Crippen LogP contribution in [0.5, 0.6) is 5.75 Å². The van der Waals surface area contributed by atoms with Crippen LogP contribution in [0.2, 0.25) is 0 Å². The number of amides is 1. The minimum Gasteiger partial charge on any atom is -0.491 e. The van der Waals surface area contributed by atoms with Crippen molar-refractivity contribution in [3.63, 3.8) is 0 Å². The van der Waals surface area contributed by atoms with Gasteiger partial charge in [-0.05, 0) is 44.2 Å². The van der Waals surface area contributed by atoms with Crippen LogP contribution in [0.3, 0.4) is 0 Å². The Morgan fingerprint density at radius 1 is 1.25 bits per heavy atom. The Bertz CT molecular complexity index is 597. The number of hydrogen-bond acceptors (Lipinski definition) is 3. The van der Waals surface area contributed by atoms with Crippen LogP contribution in [-0.2, 0) is 0 Å². The van der Waals surface area contributed by atoms with E-state index in [0.717, 1.165) is 6.20 Å². The van der Waals surface area contributed by atoms with Crippen molar-refractivity contribution in [2.45, 2.75) is 20.0 Å². The Balaban J connectivity index is 2.07. The third-order valence-electron chi connectivity index (χ3n) is 2.50. The lowest BCUT2D eigenvalue weighted by Gasteiger charge is -2.10. The van der Waals surface area contributed by atoms with Gasteiger partial charge in [0.25, 0.3) is 5.91 Å². The molecule has 2 rings (SSSR count). The van der Waals surface area contributed by atoms with E-state index in [1.807, 2.05) is 13.8 Å². The number of benzene rings is 1. The first kappa shape index (κ1) is 14.0. The van der Waals surface area contributed by atoms with Gasteiger partial charge in [-0.1, -0.05) is 0 Å². The maximum Gasteiger partial charge on any atom is 0.258 e. The van der Waals surface area contributed by atoms with Gasteiger partial charge in [0.15, 0.2) is 5.82 Å². The fraction of sp³-hybridized carbons (Fsp3) is 0.200. The summed E-state index contributed by atoms with van der Waals surface area (Å²) in [5.41, 5.74) is 0.532. The highest BCUT2D eigenvalue weighted by molar-refractivity contribution is 6.04. The molecule has 1 amide bonds. The number of pyridine rings is 1. The molecular formula is C15H15FN2O2. The third-order valence-corrected chi connectivity index (χ3v) is 2.50. The lowest BCUT2D eigenvalue weighted by molar-refractivity contribution is 0.102. The molecule has 1 N–H and O–H groups in total. The van der Waals surface area contributed by atoms with E-state index < -0.39 is 11.7 Å². The van der Waals surface area contributed by atoms with E-state index in [0.29, 0.717) is 11.4 Å². The van der Waals surface area contributed by atoms with E-state index in [2.05, 4.69) is 10.3 Å². The second-order valence-corrected chi connectivity index (χ2v) is 4.50. The number of ether oxygens (including phenoxy) is 1. The second kappa shape index (κ2) is 6.14. The Hall–Kier alpha value is -2.43. The van der Waals surface area contributed by atoms with Crippen LogP contribution >= 0.6 is 0 Å². The first-order chi connectivity index (χ1) is 9.56. The van der Waals surface area contributed by atoms with Crippen molar-refractivity contribution < 1.29 is 13.9 Å². The van der Waals surface area contributed by atoms with Crippen LogP contribution < -0.4 is 10.1 Å². The highest BCUT2D eigenvalue weighted by Crippen LogP contribution is 2.18. The van der Waals surface area contributed by atoms with Gasteiger partial charge in [0.05, 0.1) is 17.9 Å². The molecule has 1 aromatic heterocycles. The fourth-order valence-corrected chi connectivity index (χ4v) is 1.65. The van der Waals surface area contributed by atoms with E-state index in [1.165, 1.54) is 12.3 Å². The minimum atomic E-state index is -0.648. The summed E-state index contributed by atoms with van der Waals surface area (Å²) in [7, 11) is 0. The maximum absolute atomic E-state index is 13.4. The van der Waals surface area contributed by atoms with Crippen LogP contribution in [0.15, 0.2) is 42.7 Å². The normalized spacial score (nSPS) is 10.4. The number of rotatable bonds is 4. The van der Waals surface area contributed by atoms with Crippen LogP contribution in [-0.4, -0.2) is 17.0 Å². The van der Waals surface area contributed by atoms with Gasteiger partial charge in [0.1, 0.15) is 5.75 Å². The second-order valence-electron chi connectivity index (χ2n) is 4.50. The summed E-state index contributed by atoms with van der Waals surface area (Å²) in [6, 6.07) is 8.24. The molecule has 0 unspecified atom stereocenters. The average Bonchev–Trinajstić information content (AvgIpc) is 2.41. The van der Waals surface area contributed by atoms with Gasteiger partial charge in [0, 0.05) is 11.9 Å². The third kappa shape index (κ3) is 3.54. The molecule has 0 atom stereocenters. The van der Waals surface area contributed by atoms with Gasteiger partial charge in [-0.3, -0.25) is 9.78 Å². The molecule has 2 aromatic rings. The molecule has 104 valence electrons. The van der Waals surface area contributed by atoms with Gasteiger partial charge in [-0.2, -0.15) is 0 Å². The predicted molar refractivity (Wildman–Crippen MR) is 74.4 cm³/mol. The van der Waals surface area contributed by atoms with Crippen LogP contribution in [0.4, 0.5) is 10.1 Å². The van der Waals surface area contributed by atoms with Gasteiger partial charge >= 0.3 is 0 Å². The summed E-state index contributed by atoms with van der Waals surface area (Å²) in [6.45, 7) is 3.86. The molecule has 1 heterocycles. The molecular weight excluding hydrogens is 259 g/mol. The van der Waals surface area contributed by atoms with Crippen LogP contribution in [0, 0.1) is 5.82 Å². The summed E-state index contributed by atoms with van der Waals surface area (Å²) in [6.07, 6.45) is 2.47. The Kier molecular flexibility index (Phi) is 4.30. The number of halogens is 1. The van der Waals surface area contributed by atoms with E-state index >= 15 is 0 Å². The van der Waals surface area contributed by atoms with E-state index in [4.69, 9.17) is 4.74 Å². The number of anilines is 1. The summed E-state index contributed by atoms with van der Waals surface area (Å²) in [4.78, 5) is 15.5. The summed E-state index contributed by atoms with van der Waals surface area (Å²) < 4.78 is 18.9. The van der Waals surface area contributed by atoms with Crippen molar-refractivity contribution >= 4 is 11.6 Å². The number of nitrogens with zero attached hydrogens (tertiary/aromatic N) is 1. The number of hydrogen-bond donors (Lipinski definition) is 1. The van der Waals surface area contributed by atoms with Crippen molar-refractivity contribution in [1.82, 2.24) is 4.98 Å². The highest BCUT2D eigenvalue weighted by Gasteiger charge is 2.11. The van der Waals surface area contributed by atoms with Gasteiger partial charge in [-0.15, -0.1) is 0 Å². The molecule has 0 saturated heterocycles. The summed E-state index contributed by atoms with van der Waals surface area (Å²) in [5.74, 6) is -0.444. The molecule has 0 aliphatic carbocycles. The Morgan fingerprint density at radius 2 is 1.95 bits per heavy atom. The fourth-order valence-electron chi connectivity index (χ4n) is 1.65. The molecule has 0 bridgehead atoms. The number of aromatic nitrogens is 1. The van der Waals surface area contributed by atoms with Crippen molar-refractivity contribution in [2.24, 2.45) is 0 Å². The van der Waals surface area contributed by atoms with Crippen molar-refractivity contribution in [3.8, 4) is 5.75 Å². The molecule has 0 spiro atoms. The number of carbonyl (C=O) groups excluding carboxylic acids is 1. The van der Waals surface area contributed by atoms with Crippen LogP contribution in [0.25, 0.3) is 0 Å². The Morgan fingerprint density at radius 3 is 2.55 bits per heavy atom. The van der Waals surface area contributed by atoms with Gasteiger partial charge in [0.2, 0.25) is 0 Å². The summed E-state index contributed by atoms with van der Waals surface area (Å²) in [5, 5.41) is 2.62. The lowest BCUT2D eigenvalue weighted by Crippen LogP contribution is -2.14. The zero-order valence-corrected chi connectivity index (χ0v) is 11.3. The van der Waals surface area contributed by atoms with Crippen molar-refractivity contribution in [1.29, 1.82) is 0 Å². The monoisotopic (exact) mass is 274 g/mol. The lowest BCUT2D eigenvalue weighted by atomic mass is 10.2. The van der Waals surface area contributed by atoms with Crippen molar-refractivity contribution in [3.05, 3.63) is 54.1 Å². The largest absolute Gasteiger partial charge is 0.491 e. The van der Waals surface area contributed by atoms with Crippen LogP contribution in [0.1, 0.15) is 24.2 Å². The molecule has 4 nitrogen and oxygen atoms in total. The average molecular weight is 274 g/mol. The predicted octanol–water partition coefficient (Wildman–Crippen LogP) is 3.26. The molecule has 0 aliphatic heterocycles. The summed E-state index contributed by atoms with van der Waals surface area (Å²) >= 11 is 0. The number of nitrogens with one attached hydrogen (secondary N) is 1. The molecule has 20 heavy (non-hydrogen) atoms. The molecule has 0 aliphatic rings. The number of carbonyl (C=O) groups is 1. The molecule has 0 radical (unpaired) electrons.